The minimum absolute atomic E-state index is 0.362. The molecule has 0 bridgehead atoms. The molecule has 0 atom stereocenters. The first-order valence-electron chi connectivity index (χ1n) is 6.41. The molecule has 0 spiro atoms. The monoisotopic (exact) mass is 282 g/mol. The van der Waals surface area contributed by atoms with E-state index in [0.29, 0.717) is 22.8 Å². The van der Waals surface area contributed by atoms with Gasteiger partial charge in [0.1, 0.15) is 5.60 Å². The average molecular weight is 282 g/mol. The minimum atomic E-state index is -0.516. The normalized spacial score (nSPS) is 10.9. The number of esters is 1. The Morgan fingerprint density at radius 1 is 1.05 bits per heavy atom. The van der Waals surface area contributed by atoms with E-state index in [4.69, 9.17) is 18.9 Å². The zero-order chi connectivity index (χ0) is 15.3. The molecule has 0 fully saturated rings. The summed E-state index contributed by atoms with van der Waals surface area (Å²) < 4.78 is 21.1. The maximum absolute atomic E-state index is 12.2. The van der Waals surface area contributed by atoms with Crippen LogP contribution < -0.4 is 14.2 Å². The number of hydrogen-bond acceptors (Lipinski definition) is 5. The lowest BCUT2D eigenvalue weighted by Gasteiger charge is -2.23. The summed E-state index contributed by atoms with van der Waals surface area (Å²) in [7, 11) is 4.52. The molecule has 5 nitrogen and oxygen atoms in total. The van der Waals surface area contributed by atoms with Crippen LogP contribution in [0.15, 0.2) is 12.1 Å². The van der Waals surface area contributed by atoms with Gasteiger partial charge in [-0.3, -0.25) is 0 Å². The van der Waals surface area contributed by atoms with Crippen molar-refractivity contribution in [2.24, 2.45) is 0 Å². The van der Waals surface area contributed by atoms with Gasteiger partial charge in [-0.05, 0) is 32.4 Å². The third-order valence-corrected chi connectivity index (χ3v) is 3.12. The van der Waals surface area contributed by atoms with Gasteiger partial charge in [-0.25, -0.2) is 4.79 Å². The Morgan fingerprint density at radius 2 is 1.55 bits per heavy atom. The average Bonchev–Trinajstić information content (AvgIpc) is 2.44. The first-order chi connectivity index (χ1) is 9.38. The Labute approximate surface area is 119 Å². The summed E-state index contributed by atoms with van der Waals surface area (Å²) in [6.45, 7) is 5.69. The van der Waals surface area contributed by atoms with Crippen LogP contribution in [0.2, 0.25) is 0 Å². The molecule has 0 saturated heterocycles. The predicted molar refractivity (Wildman–Crippen MR) is 75.9 cm³/mol. The van der Waals surface area contributed by atoms with Crippen molar-refractivity contribution in [2.75, 3.05) is 21.3 Å². The highest BCUT2D eigenvalue weighted by Gasteiger charge is 2.24. The molecule has 0 amide bonds. The molecule has 1 aromatic rings. The standard InChI is InChI=1S/C15H22O5/c1-7-15(2,3)20-14(16)10-8-11(17-4)13(19-6)12(9-10)18-5/h8-9H,7H2,1-6H3. The lowest BCUT2D eigenvalue weighted by molar-refractivity contribution is -0.00250. The molecule has 0 radical (unpaired) electrons. The summed E-state index contributed by atoms with van der Waals surface area (Å²) in [6.07, 6.45) is 0.725. The Hall–Kier alpha value is -1.91. The Balaban J connectivity index is 3.16. The Bertz CT molecular complexity index is 454. The lowest BCUT2D eigenvalue weighted by Crippen LogP contribution is -2.27. The maximum atomic E-state index is 12.2. The van der Waals surface area contributed by atoms with E-state index in [1.807, 2.05) is 20.8 Å². The van der Waals surface area contributed by atoms with Gasteiger partial charge in [0.25, 0.3) is 0 Å². The third-order valence-electron chi connectivity index (χ3n) is 3.12. The quantitative estimate of drug-likeness (QED) is 0.751. The van der Waals surface area contributed by atoms with Crippen molar-refractivity contribution < 1.29 is 23.7 Å². The van der Waals surface area contributed by atoms with Gasteiger partial charge in [0, 0.05) is 0 Å². The summed E-state index contributed by atoms with van der Waals surface area (Å²) in [5.74, 6) is 0.874. The van der Waals surface area contributed by atoms with Crippen LogP contribution in [0.4, 0.5) is 0 Å². The molecule has 0 aliphatic carbocycles. The highest BCUT2D eigenvalue weighted by molar-refractivity contribution is 5.91. The number of methoxy groups -OCH3 is 3. The number of hydrogen-bond donors (Lipinski definition) is 0. The van der Waals surface area contributed by atoms with E-state index in [9.17, 15) is 4.79 Å². The van der Waals surface area contributed by atoms with Crippen LogP contribution in [-0.2, 0) is 4.74 Å². The fourth-order valence-corrected chi connectivity index (χ4v) is 1.58. The molecule has 0 saturated carbocycles. The molecular formula is C15H22O5. The smallest absolute Gasteiger partial charge is 0.338 e. The Morgan fingerprint density at radius 3 is 1.90 bits per heavy atom. The molecule has 1 rings (SSSR count). The number of carbonyl (C=O) groups is 1. The molecule has 20 heavy (non-hydrogen) atoms. The first-order valence-corrected chi connectivity index (χ1v) is 6.41. The largest absolute Gasteiger partial charge is 0.493 e. The summed E-state index contributed by atoms with van der Waals surface area (Å²) in [5, 5.41) is 0. The zero-order valence-corrected chi connectivity index (χ0v) is 12.9. The van der Waals surface area contributed by atoms with E-state index in [-0.39, 0.29) is 0 Å². The molecule has 1 aromatic carbocycles. The van der Waals surface area contributed by atoms with Crippen LogP contribution in [-0.4, -0.2) is 32.9 Å². The van der Waals surface area contributed by atoms with Gasteiger partial charge in [0.15, 0.2) is 11.5 Å². The third kappa shape index (κ3) is 3.56. The number of rotatable bonds is 6. The molecule has 0 aliphatic rings. The fraction of sp³-hybridized carbons (Fsp3) is 0.533. The second-order valence-corrected chi connectivity index (χ2v) is 4.92. The lowest BCUT2D eigenvalue weighted by atomic mass is 10.1. The topological polar surface area (TPSA) is 54.0 Å². The van der Waals surface area contributed by atoms with Gasteiger partial charge in [-0.15, -0.1) is 0 Å². The van der Waals surface area contributed by atoms with Crippen molar-refractivity contribution in [2.45, 2.75) is 32.8 Å². The maximum Gasteiger partial charge on any atom is 0.338 e. The van der Waals surface area contributed by atoms with E-state index in [0.717, 1.165) is 6.42 Å². The highest BCUT2D eigenvalue weighted by Crippen LogP contribution is 2.38. The second-order valence-electron chi connectivity index (χ2n) is 4.92. The fourth-order valence-electron chi connectivity index (χ4n) is 1.58. The van der Waals surface area contributed by atoms with E-state index in [1.165, 1.54) is 21.3 Å². The Kier molecular flexibility index (Phi) is 5.25. The van der Waals surface area contributed by atoms with E-state index < -0.39 is 11.6 Å². The van der Waals surface area contributed by atoms with Gasteiger partial charge >= 0.3 is 5.97 Å². The molecule has 0 aromatic heterocycles. The van der Waals surface area contributed by atoms with Crippen LogP contribution in [0.5, 0.6) is 17.2 Å². The zero-order valence-electron chi connectivity index (χ0n) is 12.9. The van der Waals surface area contributed by atoms with Gasteiger partial charge in [0.05, 0.1) is 26.9 Å². The summed E-state index contributed by atoms with van der Waals surface area (Å²) >= 11 is 0. The molecule has 0 N–H and O–H groups in total. The molecule has 112 valence electrons. The van der Waals surface area contributed by atoms with Gasteiger partial charge in [0.2, 0.25) is 5.75 Å². The van der Waals surface area contributed by atoms with Gasteiger partial charge < -0.3 is 18.9 Å². The van der Waals surface area contributed by atoms with E-state index >= 15 is 0 Å². The van der Waals surface area contributed by atoms with Crippen molar-refractivity contribution in [1.82, 2.24) is 0 Å². The van der Waals surface area contributed by atoms with Crippen LogP contribution in [0.1, 0.15) is 37.6 Å². The number of benzene rings is 1. The van der Waals surface area contributed by atoms with Crippen molar-refractivity contribution in [3.05, 3.63) is 17.7 Å². The molecule has 0 heterocycles. The summed E-state index contributed by atoms with van der Waals surface area (Å²) in [6, 6.07) is 3.16. The number of carbonyl (C=O) groups excluding carboxylic acids is 1. The second kappa shape index (κ2) is 6.50. The van der Waals surface area contributed by atoms with Crippen molar-refractivity contribution >= 4 is 5.97 Å². The van der Waals surface area contributed by atoms with Crippen molar-refractivity contribution in [1.29, 1.82) is 0 Å². The highest BCUT2D eigenvalue weighted by atomic mass is 16.6. The van der Waals surface area contributed by atoms with Crippen LogP contribution in [0, 0.1) is 0 Å². The molecular weight excluding hydrogens is 260 g/mol. The van der Waals surface area contributed by atoms with Crippen LogP contribution >= 0.6 is 0 Å². The predicted octanol–water partition coefficient (Wildman–Crippen LogP) is 3.06. The summed E-state index contributed by atoms with van der Waals surface area (Å²) in [4.78, 5) is 12.2. The summed E-state index contributed by atoms with van der Waals surface area (Å²) in [5.41, 5.74) is -0.154. The first kappa shape index (κ1) is 16.1. The van der Waals surface area contributed by atoms with E-state index in [2.05, 4.69) is 0 Å². The van der Waals surface area contributed by atoms with Gasteiger partial charge in [-0.1, -0.05) is 6.92 Å². The molecule has 5 heteroatoms. The number of ether oxygens (including phenoxy) is 4. The van der Waals surface area contributed by atoms with Gasteiger partial charge in [-0.2, -0.15) is 0 Å². The van der Waals surface area contributed by atoms with Crippen molar-refractivity contribution in [3.8, 4) is 17.2 Å². The SMILES string of the molecule is CCC(C)(C)OC(=O)c1cc(OC)c(OC)c(OC)c1. The minimum Gasteiger partial charge on any atom is -0.493 e. The molecule has 0 unspecified atom stereocenters. The van der Waals surface area contributed by atoms with Crippen molar-refractivity contribution in [3.63, 3.8) is 0 Å². The van der Waals surface area contributed by atoms with Crippen LogP contribution in [0.3, 0.4) is 0 Å². The van der Waals surface area contributed by atoms with E-state index in [1.54, 1.807) is 12.1 Å². The molecule has 0 aliphatic heterocycles. The van der Waals surface area contributed by atoms with Crippen LogP contribution in [0.25, 0.3) is 0 Å².